The maximum Gasteiger partial charge on any atom is 0.313 e. The summed E-state index contributed by atoms with van der Waals surface area (Å²) >= 11 is 0. The van der Waals surface area contributed by atoms with Crippen LogP contribution in [0.3, 0.4) is 0 Å². The Morgan fingerprint density at radius 1 is 0.776 bits per heavy atom. The number of amides is 2. The second-order valence-corrected chi connectivity index (χ2v) is 15.4. The van der Waals surface area contributed by atoms with Gasteiger partial charge in [-0.3, -0.25) is 9.59 Å². The van der Waals surface area contributed by atoms with Crippen LogP contribution in [0.25, 0.3) is 15.6 Å². The number of anilines is 3. The molecule has 5 aromatic rings. The van der Waals surface area contributed by atoms with Gasteiger partial charge in [0.25, 0.3) is 18.4 Å². The molecule has 0 saturated carbocycles. The summed E-state index contributed by atoms with van der Waals surface area (Å²) in [5.41, 5.74) is 4.11. The maximum absolute atomic E-state index is 14.6. The van der Waals surface area contributed by atoms with Crippen LogP contribution < -0.4 is 26.6 Å². The van der Waals surface area contributed by atoms with Crippen molar-refractivity contribution < 1.29 is 35.9 Å². The van der Waals surface area contributed by atoms with Gasteiger partial charge in [0.15, 0.2) is 34.9 Å². The van der Waals surface area contributed by atoms with Crippen LogP contribution in [0.15, 0.2) is 60.7 Å². The van der Waals surface area contributed by atoms with Gasteiger partial charge in [-0.25, -0.2) is 26.3 Å². The number of halogens is 6. The SMILES string of the molecule is CC(C)NC(=O)c1ccc(C#[N+]CC(C)NC(=O)c2cccc3cc(C4CNc5c4cc(F)c(F)c5F)ccc23)c2c1CCC(C1CNc3c1cc(F)c(F)c3F)N2. The van der Waals surface area contributed by atoms with E-state index in [1.807, 2.05) is 26.0 Å². The molecule has 2 amide bonds. The molecule has 8 nitrogen and oxygen atoms in total. The second-order valence-electron chi connectivity index (χ2n) is 15.4. The first-order valence-electron chi connectivity index (χ1n) is 19.1. The number of rotatable bonds is 7. The van der Waals surface area contributed by atoms with Crippen LogP contribution in [0, 0.1) is 41.0 Å². The summed E-state index contributed by atoms with van der Waals surface area (Å²) in [4.78, 5) is 31.3. The number of fused-ring (bicyclic) bond motifs is 4. The zero-order valence-electron chi connectivity index (χ0n) is 31.7. The fraction of sp³-hybridized carbons (Fsp3) is 0.295. The molecule has 0 radical (unpaired) electrons. The number of hydrogen-bond donors (Lipinski definition) is 5. The van der Waals surface area contributed by atoms with E-state index in [-0.39, 0.29) is 54.9 Å². The highest BCUT2D eigenvalue weighted by Crippen LogP contribution is 2.43. The molecule has 4 atom stereocenters. The molecule has 3 aliphatic rings. The molecule has 0 aliphatic carbocycles. The first kappa shape index (κ1) is 38.6. The largest absolute Gasteiger partial charge is 0.382 e. The lowest BCUT2D eigenvalue weighted by molar-refractivity contribution is 0.0934. The van der Waals surface area contributed by atoms with Crippen LogP contribution in [-0.4, -0.2) is 49.6 Å². The predicted molar refractivity (Wildman–Crippen MR) is 211 cm³/mol. The lowest BCUT2D eigenvalue weighted by Gasteiger charge is -2.32. The zero-order valence-corrected chi connectivity index (χ0v) is 31.7. The fourth-order valence-electron chi connectivity index (χ4n) is 8.36. The van der Waals surface area contributed by atoms with Gasteiger partial charge in [0.2, 0.25) is 0 Å². The van der Waals surface area contributed by atoms with Crippen LogP contribution in [0.1, 0.15) is 87.6 Å². The smallest absolute Gasteiger partial charge is 0.313 e. The Morgan fingerprint density at radius 3 is 2.21 bits per heavy atom. The number of hydrogen-bond acceptors (Lipinski definition) is 5. The second kappa shape index (κ2) is 15.3. The monoisotopic (exact) mass is 797 g/mol. The summed E-state index contributed by atoms with van der Waals surface area (Å²) in [7, 11) is 0. The highest BCUT2D eigenvalue weighted by molar-refractivity contribution is 6.07. The van der Waals surface area contributed by atoms with Gasteiger partial charge in [-0.05, 0) is 97.0 Å². The Labute approximate surface area is 330 Å². The molecule has 0 saturated heterocycles. The van der Waals surface area contributed by atoms with Crippen molar-refractivity contribution in [1.82, 2.24) is 10.6 Å². The average molecular weight is 798 g/mol. The minimum absolute atomic E-state index is 0.0543. The number of carbonyl (C=O) groups excluding carboxylic acids is 2. The Hall–Kier alpha value is -6.23. The maximum atomic E-state index is 14.6. The van der Waals surface area contributed by atoms with Crippen LogP contribution in [0.5, 0.6) is 0 Å². The quantitative estimate of drug-likeness (QED) is 0.0839. The van der Waals surface area contributed by atoms with Gasteiger partial charge in [0.05, 0.1) is 17.1 Å². The summed E-state index contributed by atoms with van der Waals surface area (Å²) in [6.45, 7) is 6.19. The molecule has 8 rings (SSSR count). The third-order valence-corrected chi connectivity index (χ3v) is 11.1. The van der Waals surface area contributed by atoms with E-state index >= 15 is 0 Å². The van der Waals surface area contributed by atoms with Crippen molar-refractivity contribution >= 4 is 39.6 Å². The Morgan fingerprint density at radius 2 is 1.47 bits per heavy atom. The van der Waals surface area contributed by atoms with Crippen LogP contribution >= 0.6 is 0 Å². The van der Waals surface area contributed by atoms with Gasteiger partial charge < -0.3 is 26.6 Å². The molecule has 0 aromatic heterocycles. The summed E-state index contributed by atoms with van der Waals surface area (Å²) in [5, 5.41) is 16.5. The van der Waals surface area contributed by atoms with Crippen LogP contribution in [-0.2, 0) is 6.42 Å². The minimum Gasteiger partial charge on any atom is -0.382 e. The van der Waals surface area contributed by atoms with Gasteiger partial charge in [-0.2, -0.15) is 0 Å². The number of benzene rings is 5. The van der Waals surface area contributed by atoms with Crippen molar-refractivity contribution in [3.63, 3.8) is 0 Å². The highest BCUT2D eigenvalue weighted by Gasteiger charge is 2.37. The average Bonchev–Trinajstić information content (AvgIpc) is 3.83. The van der Waals surface area contributed by atoms with E-state index in [0.29, 0.717) is 51.7 Å². The molecule has 3 aliphatic heterocycles. The molecule has 0 spiro atoms. The third-order valence-electron chi connectivity index (χ3n) is 11.1. The summed E-state index contributed by atoms with van der Waals surface area (Å²) in [5.74, 6) is -9.45. The molecule has 4 unspecified atom stereocenters. The Balaban J connectivity index is 1.00. The van der Waals surface area contributed by atoms with E-state index in [1.165, 1.54) is 0 Å². The lowest BCUT2D eigenvalue weighted by Crippen LogP contribution is -2.36. The molecule has 3 heterocycles. The first-order chi connectivity index (χ1) is 27.8. The Kier molecular flexibility index (Phi) is 10.2. The molecular weight excluding hydrogens is 759 g/mol. The molecule has 0 fully saturated rings. The molecule has 298 valence electrons. The lowest BCUT2D eigenvalue weighted by atomic mass is 9.83. The minimum atomic E-state index is -1.53. The Bertz CT molecular complexity index is 2590. The summed E-state index contributed by atoms with van der Waals surface area (Å²) in [6.07, 6.45) is 1.01. The summed E-state index contributed by atoms with van der Waals surface area (Å²) in [6, 6.07) is 18.4. The van der Waals surface area contributed by atoms with Crippen molar-refractivity contribution in [2.24, 2.45) is 0 Å². The van der Waals surface area contributed by atoms with Crippen LogP contribution in [0.2, 0.25) is 0 Å². The van der Waals surface area contributed by atoms with E-state index in [1.54, 1.807) is 43.3 Å². The topological polar surface area (TPSA) is 98.7 Å². The standard InChI is InChI=1S/C44H38F6N6O2/c1-20(2)54-43(57)28-10-8-24(40-26(28)11-12-35(56-40)32-19-53-42-30(32)15-34(46)37(48)39(42)50)17-51-16-21(3)55-44(58)27-6-4-5-22-13-23(7-9-25(22)27)31-18-52-41-29(31)14-33(45)36(47)38(41)49/h4-10,13-15,20-21,31-32,35,52-53H,11-12,16,18-19H2,1-3H3,(H2,54,55,57,58)/p+1. The molecule has 5 aromatic carbocycles. The van der Waals surface area contributed by atoms with Crippen molar-refractivity contribution in [1.29, 1.82) is 0 Å². The van der Waals surface area contributed by atoms with E-state index in [0.717, 1.165) is 28.6 Å². The van der Waals surface area contributed by atoms with Gasteiger partial charge in [-0.1, -0.05) is 35.2 Å². The normalized spacial score (nSPS) is 18.2. The molecule has 5 N–H and O–H groups in total. The van der Waals surface area contributed by atoms with Crippen molar-refractivity contribution in [2.75, 3.05) is 35.6 Å². The fourth-order valence-corrected chi connectivity index (χ4v) is 8.36. The van der Waals surface area contributed by atoms with E-state index in [4.69, 9.17) is 0 Å². The van der Waals surface area contributed by atoms with Gasteiger partial charge in [0, 0.05) is 48.1 Å². The van der Waals surface area contributed by atoms with Crippen molar-refractivity contribution in [2.45, 2.75) is 63.6 Å². The zero-order chi connectivity index (χ0) is 41.0. The number of nitrogens with zero attached hydrogens (tertiary/aromatic N) is 1. The van der Waals surface area contributed by atoms with Gasteiger partial charge in [0.1, 0.15) is 11.6 Å². The molecular formula is C44H39F6N6O2+. The predicted octanol–water partition coefficient (Wildman–Crippen LogP) is 8.81. The number of nitrogens with one attached hydrogen (secondary N) is 5. The molecule has 58 heavy (non-hydrogen) atoms. The van der Waals surface area contributed by atoms with E-state index in [9.17, 15) is 35.9 Å². The highest BCUT2D eigenvalue weighted by atomic mass is 19.2. The van der Waals surface area contributed by atoms with Crippen LogP contribution in [0.4, 0.5) is 43.4 Å². The molecule has 0 bridgehead atoms. The van der Waals surface area contributed by atoms with E-state index in [2.05, 4.69) is 37.5 Å². The van der Waals surface area contributed by atoms with Crippen molar-refractivity contribution in [3.05, 3.63) is 139 Å². The number of carbonyl (C=O) groups is 2. The van der Waals surface area contributed by atoms with Crippen molar-refractivity contribution in [3.8, 4) is 6.07 Å². The van der Waals surface area contributed by atoms with Gasteiger partial charge in [-0.15, -0.1) is 0 Å². The third kappa shape index (κ3) is 6.92. The first-order valence-corrected chi connectivity index (χ1v) is 19.1. The van der Waals surface area contributed by atoms with Gasteiger partial charge >= 0.3 is 6.07 Å². The molecule has 14 heteroatoms. The van der Waals surface area contributed by atoms with E-state index < -0.39 is 52.8 Å². The summed E-state index contributed by atoms with van der Waals surface area (Å²) < 4.78 is 85.4.